The van der Waals surface area contributed by atoms with E-state index in [-0.39, 0.29) is 11.4 Å². The maximum absolute atomic E-state index is 12.4. The van der Waals surface area contributed by atoms with Gasteiger partial charge < -0.3 is 0 Å². The molecule has 1 aromatic rings. The summed E-state index contributed by atoms with van der Waals surface area (Å²) in [5.74, 6) is 0. The lowest BCUT2D eigenvalue weighted by Gasteiger charge is -2.19. The molecule has 18 heavy (non-hydrogen) atoms. The number of hydrogen-bond donors (Lipinski definition) is 0. The Balaban J connectivity index is 3.22. The van der Waals surface area contributed by atoms with Crippen LogP contribution in [0.4, 0.5) is 0 Å². The first-order chi connectivity index (χ1) is 8.43. The van der Waals surface area contributed by atoms with Crippen LogP contribution in [-0.2, 0) is 10.0 Å². The predicted molar refractivity (Wildman–Crippen MR) is 70.6 cm³/mol. The molecule has 0 amide bonds. The molecule has 5 heteroatoms. The highest BCUT2D eigenvalue weighted by Gasteiger charge is 2.24. The van der Waals surface area contributed by atoms with E-state index in [0.717, 1.165) is 5.56 Å². The molecule has 98 valence electrons. The highest BCUT2D eigenvalue weighted by Crippen LogP contribution is 2.20. The lowest BCUT2D eigenvalue weighted by Crippen LogP contribution is -2.32. The Labute approximate surface area is 109 Å². The molecule has 0 heterocycles. The van der Waals surface area contributed by atoms with Gasteiger partial charge in [0.1, 0.15) is 6.54 Å². The first kappa shape index (κ1) is 14.7. The van der Waals surface area contributed by atoms with E-state index in [4.69, 9.17) is 5.26 Å². The molecular formula is C13H18N2O2S. The third-order valence-electron chi connectivity index (χ3n) is 2.67. The second kappa shape index (κ2) is 5.98. The average Bonchev–Trinajstić information content (AvgIpc) is 2.28. The van der Waals surface area contributed by atoms with Crippen LogP contribution in [0.1, 0.15) is 24.5 Å². The Morgan fingerprint density at radius 1 is 1.33 bits per heavy atom. The fourth-order valence-corrected chi connectivity index (χ4v) is 3.47. The fraction of sp³-hybridized carbons (Fsp3) is 0.462. The van der Waals surface area contributed by atoms with Crippen molar-refractivity contribution in [2.75, 3.05) is 13.1 Å². The second-order valence-electron chi connectivity index (χ2n) is 4.27. The molecule has 1 aromatic carbocycles. The maximum atomic E-state index is 12.4. The summed E-state index contributed by atoms with van der Waals surface area (Å²) in [6, 6.07) is 7.13. The van der Waals surface area contributed by atoms with Gasteiger partial charge in [0.15, 0.2) is 0 Å². The number of nitriles is 1. The number of sulfonamides is 1. The molecule has 0 aliphatic carbocycles. The van der Waals surface area contributed by atoms with Gasteiger partial charge in [-0.15, -0.1) is 0 Å². The van der Waals surface area contributed by atoms with Crippen molar-refractivity contribution in [3.8, 4) is 6.07 Å². The number of rotatable bonds is 5. The molecular weight excluding hydrogens is 248 g/mol. The van der Waals surface area contributed by atoms with E-state index >= 15 is 0 Å². The van der Waals surface area contributed by atoms with Crippen molar-refractivity contribution < 1.29 is 8.42 Å². The van der Waals surface area contributed by atoms with Crippen molar-refractivity contribution in [3.05, 3.63) is 29.3 Å². The van der Waals surface area contributed by atoms with Crippen LogP contribution in [0.3, 0.4) is 0 Å². The summed E-state index contributed by atoms with van der Waals surface area (Å²) in [4.78, 5) is 0.289. The van der Waals surface area contributed by atoms with Gasteiger partial charge in [-0.3, -0.25) is 0 Å². The zero-order valence-corrected chi connectivity index (χ0v) is 11.8. The third kappa shape index (κ3) is 3.09. The maximum Gasteiger partial charge on any atom is 0.244 e. The molecule has 0 unspecified atom stereocenters. The lowest BCUT2D eigenvalue weighted by atomic mass is 10.2. The molecule has 0 bridgehead atoms. The summed E-state index contributed by atoms with van der Waals surface area (Å²) < 4.78 is 26.1. The zero-order chi connectivity index (χ0) is 13.8. The topological polar surface area (TPSA) is 61.2 Å². The summed E-state index contributed by atoms with van der Waals surface area (Å²) in [5, 5.41) is 8.73. The summed E-state index contributed by atoms with van der Waals surface area (Å²) in [6.45, 7) is 5.84. The van der Waals surface area contributed by atoms with Crippen LogP contribution in [0, 0.1) is 25.2 Å². The average molecular weight is 266 g/mol. The minimum absolute atomic E-state index is 0.108. The van der Waals surface area contributed by atoms with Crippen LogP contribution in [0.5, 0.6) is 0 Å². The highest BCUT2D eigenvalue weighted by atomic mass is 32.2. The summed E-state index contributed by atoms with van der Waals surface area (Å²) in [7, 11) is -3.56. The van der Waals surface area contributed by atoms with Crippen LogP contribution in [0.15, 0.2) is 23.1 Å². The Morgan fingerprint density at radius 2 is 2.00 bits per heavy atom. The van der Waals surface area contributed by atoms with E-state index in [0.29, 0.717) is 18.5 Å². The van der Waals surface area contributed by atoms with Gasteiger partial charge in [-0.05, 0) is 31.9 Å². The molecule has 1 rings (SSSR count). The van der Waals surface area contributed by atoms with E-state index in [1.165, 1.54) is 4.31 Å². The first-order valence-electron chi connectivity index (χ1n) is 5.87. The van der Waals surface area contributed by atoms with Crippen molar-refractivity contribution in [3.63, 3.8) is 0 Å². The number of aryl methyl sites for hydroxylation is 2. The Morgan fingerprint density at radius 3 is 2.50 bits per heavy atom. The van der Waals surface area contributed by atoms with Gasteiger partial charge in [0, 0.05) is 6.54 Å². The van der Waals surface area contributed by atoms with Gasteiger partial charge in [0.2, 0.25) is 10.0 Å². The van der Waals surface area contributed by atoms with E-state index in [2.05, 4.69) is 0 Å². The Kier molecular flexibility index (Phi) is 4.88. The van der Waals surface area contributed by atoms with E-state index in [1.54, 1.807) is 19.1 Å². The highest BCUT2D eigenvalue weighted by molar-refractivity contribution is 7.89. The lowest BCUT2D eigenvalue weighted by molar-refractivity contribution is 0.444. The van der Waals surface area contributed by atoms with Crippen molar-refractivity contribution in [1.82, 2.24) is 4.31 Å². The van der Waals surface area contributed by atoms with Crippen LogP contribution in [0.25, 0.3) is 0 Å². The monoisotopic (exact) mass is 266 g/mol. The van der Waals surface area contributed by atoms with Crippen LogP contribution < -0.4 is 0 Å². The molecule has 0 aromatic heterocycles. The van der Waals surface area contributed by atoms with Gasteiger partial charge >= 0.3 is 0 Å². The molecule has 0 N–H and O–H groups in total. The van der Waals surface area contributed by atoms with Crippen molar-refractivity contribution >= 4 is 10.0 Å². The number of hydrogen-bond acceptors (Lipinski definition) is 3. The standard InChI is InChI=1S/C13H18N2O2S/c1-4-8-15(9-7-14)18(16,17)13-6-5-11(2)10-12(13)3/h5-6,10H,4,8-9H2,1-3H3. The second-order valence-corrected chi connectivity index (χ2v) is 6.17. The van der Waals surface area contributed by atoms with Crippen LogP contribution in [0.2, 0.25) is 0 Å². The summed E-state index contributed by atoms with van der Waals surface area (Å²) in [6.07, 6.45) is 0.686. The van der Waals surface area contributed by atoms with E-state index in [1.807, 2.05) is 26.0 Å². The molecule has 4 nitrogen and oxygen atoms in total. The van der Waals surface area contributed by atoms with Gasteiger partial charge in [-0.25, -0.2) is 8.42 Å². The first-order valence-corrected chi connectivity index (χ1v) is 7.31. The number of nitrogens with zero attached hydrogens (tertiary/aromatic N) is 2. The molecule has 0 radical (unpaired) electrons. The molecule has 0 saturated carbocycles. The molecule has 0 saturated heterocycles. The van der Waals surface area contributed by atoms with E-state index < -0.39 is 10.0 Å². The van der Waals surface area contributed by atoms with Gasteiger partial charge in [-0.1, -0.05) is 24.6 Å². The number of benzene rings is 1. The minimum atomic E-state index is -3.56. The molecule has 0 atom stereocenters. The van der Waals surface area contributed by atoms with Gasteiger partial charge in [0.25, 0.3) is 0 Å². The largest absolute Gasteiger partial charge is 0.244 e. The van der Waals surface area contributed by atoms with Gasteiger partial charge in [-0.2, -0.15) is 9.57 Å². The van der Waals surface area contributed by atoms with Gasteiger partial charge in [0.05, 0.1) is 11.0 Å². The van der Waals surface area contributed by atoms with Crippen molar-refractivity contribution in [2.45, 2.75) is 32.1 Å². The summed E-state index contributed by atoms with van der Waals surface area (Å²) >= 11 is 0. The molecule has 0 spiro atoms. The Hall–Kier alpha value is -1.38. The normalized spacial score (nSPS) is 11.5. The quantitative estimate of drug-likeness (QED) is 0.768. The van der Waals surface area contributed by atoms with Crippen molar-refractivity contribution in [1.29, 1.82) is 5.26 Å². The van der Waals surface area contributed by atoms with E-state index in [9.17, 15) is 8.42 Å². The van der Waals surface area contributed by atoms with Crippen LogP contribution in [-0.4, -0.2) is 25.8 Å². The van der Waals surface area contributed by atoms with Crippen molar-refractivity contribution in [2.24, 2.45) is 0 Å². The predicted octanol–water partition coefficient (Wildman–Crippen LogP) is 2.23. The molecule has 0 fully saturated rings. The molecule has 0 aliphatic heterocycles. The Bertz CT molecular complexity index is 559. The summed E-state index contributed by atoms with van der Waals surface area (Å²) in [5.41, 5.74) is 1.74. The molecule has 0 aliphatic rings. The van der Waals surface area contributed by atoms with Crippen LogP contribution >= 0.6 is 0 Å². The smallest absolute Gasteiger partial charge is 0.207 e. The SMILES string of the molecule is CCCN(CC#N)S(=O)(=O)c1ccc(C)cc1C. The third-order valence-corrected chi connectivity index (χ3v) is 4.67. The minimum Gasteiger partial charge on any atom is -0.207 e. The fourth-order valence-electron chi connectivity index (χ4n) is 1.84. The zero-order valence-electron chi connectivity index (χ0n) is 11.0.